The fourth-order valence-electron chi connectivity index (χ4n) is 1.04. The maximum atomic E-state index is 11.6. The summed E-state index contributed by atoms with van der Waals surface area (Å²) in [5.74, 6) is -0.272. The maximum absolute atomic E-state index is 11.6. The smallest absolute Gasteiger partial charge is 0.243 e. The third kappa shape index (κ3) is 4.85. The van der Waals surface area contributed by atoms with Crippen LogP contribution < -0.4 is 11.1 Å². The second-order valence-electron chi connectivity index (χ2n) is 4.16. The van der Waals surface area contributed by atoms with Crippen LogP contribution in [-0.4, -0.2) is 21.9 Å². The van der Waals surface area contributed by atoms with E-state index in [4.69, 9.17) is 5.73 Å². The summed E-state index contributed by atoms with van der Waals surface area (Å²) in [6.45, 7) is 3.26. The lowest BCUT2D eigenvalue weighted by Crippen LogP contribution is -2.45. The van der Waals surface area contributed by atoms with Crippen LogP contribution in [0.1, 0.15) is 13.8 Å². The Kier molecular flexibility index (Phi) is 5.81. The SMILES string of the molecule is CS(=O)c1cccc(NC(=O)C(C)(C)N)c1.Cl. The molecule has 3 N–H and O–H groups in total. The van der Waals surface area contributed by atoms with E-state index in [0.717, 1.165) is 0 Å². The molecule has 17 heavy (non-hydrogen) atoms. The first-order valence-electron chi connectivity index (χ1n) is 4.84. The summed E-state index contributed by atoms with van der Waals surface area (Å²) in [7, 11) is -1.06. The molecule has 0 aromatic heterocycles. The van der Waals surface area contributed by atoms with E-state index in [0.29, 0.717) is 10.6 Å². The first kappa shape index (κ1) is 16.1. The molecule has 1 unspecified atom stereocenters. The van der Waals surface area contributed by atoms with Gasteiger partial charge < -0.3 is 11.1 Å². The number of benzene rings is 1. The van der Waals surface area contributed by atoms with Crippen molar-refractivity contribution < 1.29 is 9.00 Å². The molecular weight excluding hydrogens is 260 g/mol. The van der Waals surface area contributed by atoms with Gasteiger partial charge in [-0.2, -0.15) is 0 Å². The topological polar surface area (TPSA) is 72.2 Å². The number of carbonyl (C=O) groups excluding carboxylic acids is 1. The number of anilines is 1. The van der Waals surface area contributed by atoms with E-state index in [1.807, 2.05) is 0 Å². The van der Waals surface area contributed by atoms with Crippen molar-refractivity contribution in [1.82, 2.24) is 0 Å². The van der Waals surface area contributed by atoms with Crippen LogP contribution in [0, 0.1) is 0 Å². The van der Waals surface area contributed by atoms with E-state index in [9.17, 15) is 9.00 Å². The second kappa shape index (κ2) is 6.14. The monoisotopic (exact) mass is 276 g/mol. The van der Waals surface area contributed by atoms with Crippen LogP contribution in [0.15, 0.2) is 29.2 Å². The zero-order valence-electron chi connectivity index (χ0n) is 10.0. The molecule has 1 atom stereocenters. The molecule has 0 saturated carbocycles. The van der Waals surface area contributed by atoms with Gasteiger partial charge in [-0.05, 0) is 32.0 Å². The van der Waals surface area contributed by atoms with E-state index < -0.39 is 16.3 Å². The maximum Gasteiger partial charge on any atom is 0.243 e. The Morgan fingerprint density at radius 3 is 2.47 bits per heavy atom. The normalized spacial score (nSPS) is 12.5. The highest BCUT2D eigenvalue weighted by Crippen LogP contribution is 2.14. The number of carbonyl (C=O) groups is 1. The second-order valence-corrected chi connectivity index (χ2v) is 5.54. The quantitative estimate of drug-likeness (QED) is 0.879. The summed E-state index contributed by atoms with van der Waals surface area (Å²) in [5, 5.41) is 2.68. The number of hydrogen-bond acceptors (Lipinski definition) is 3. The van der Waals surface area contributed by atoms with Crippen molar-refractivity contribution in [3.8, 4) is 0 Å². The van der Waals surface area contributed by atoms with Gasteiger partial charge in [0, 0.05) is 27.6 Å². The fraction of sp³-hybridized carbons (Fsp3) is 0.364. The van der Waals surface area contributed by atoms with Crippen molar-refractivity contribution in [3.63, 3.8) is 0 Å². The molecule has 0 bridgehead atoms. The van der Waals surface area contributed by atoms with Gasteiger partial charge in [-0.3, -0.25) is 9.00 Å². The number of amides is 1. The molecule has 1 aromatic rings. The minimum absolute atomic E-state index is 0. The predicted octanol–water partition coefficient (Wildman–Crippen LogP) is 1.52. The third-order valence-electron chi connectivity index (χ3n) is 2.01. The van der Waals surface area contributed by atoms with Gasteiger partial charge in [-0.15, -0.1) is 12.4 Å². The van der Waals surface area contributed by atoms with Crippen LogP contribution in [0.3, 0.4) is 0 Å². The minimum Gasteiger partial charge on any atom is -0.324 e. The Balaban J connectivity index is 0.00000256. The van der Waals surface area contributed by atoms with Crippen molar-refractivity contribution in [2.75, 3.05) is 11.6 Å². The Labute approximate surface area is 110 Å². The van der Waals surface area contributed by atoms with Crippen molar-refractivity contribution in [2.45, 2.75) is 24.3 Å². The standard InChI is InChI=1S/C11H16N2O2S.ClH/c1-11(2,12)10(14)13-8-5-4-6-9(7-8)16(3)15;/h4-7H,12H2,1-3H3,(H,13,14);1H. The van der Waals surface area contributed by atoms with E-state index in [1.165, 1.54) is 0 Å². The van der Waals surface area contributed by atoms with Gasteiger partial charge in [0.1, 0.15) is 0 Å². The molecule has 0 spiro atoms. The third-order valence-corrected chi connectivity index (χ3v) is 2.93. The summed E-state index contributed by atoms with van der Waals surface area (Å²) < 4.78 is 11.3. The molecule has 0 fully saturated rings. The van der Waals surface area contributed by atoms with Crippen molar-refractivity contribution in [3.05, 3.63) is 24.3 Å². The van der Waals surface area contributed by atoms with Gasteiger partial charge >= 0.3 is 0 Å². The molecule has 1 amide bonds. The summed E-state index contributed by atoms with van der Waals surface area (Å²) in [6, 6.07) is 6.91. The molecule has 0 heterocycles. The molecule has 96 valence electrons. The average molecular weight is 277 g/mol. The zero-order valence-corrected chi connectivity index (χ0v) is 11.7. The Morgan fingerprint density at radius 2 is 2.00 bits per heavy atom. The average Bonchev–Trinajstić information content (AvgIpc) is 2.16. The van der Waals surface area contributed by atoms with Crippen LogP contribution in [0.5, 0.6) is 0 Å². The number of nitrogens with two attached hydrogens (primary N) is 1. The molecule has 0 saturated heterocycles. The van der Waals surface area contributed by atoms with Gasteiger partial charge in [0.05, 0.1) is 5.54 Å². The van der Waals surface area contributed by atoms with Crippen molar-refractivity contribution >= 4 is 34.8 Å². The molecule has 0 aliphatic rings. The van der Waals surface area contributed by atoms with Crippen LogP contribution in [0.2, 0.25) is 0 Å². The van der Waals surface area contributed by atoms with E-state index in [2.05, 4.69) is 5.32 Å². The van der Waals surface area contributed by atoms with Gasteiger partial charge in [0.2, 0.25) is 5.91 Å². The van der Waals surface area contributed by atoms with E-state index in [1.54, 1.807) is 44.4 Å². The molecule has 0 radical (unpaired) electrons. The molecule has 1 rings (SSSR count). The van der Waals surface area contributed by atoms with Gasteiger partial charge in [0.15, 0.2) is 0 Å². The lowest BCUT2D eigenvalue weighted by Gasteiger charge is -2.17. The van der Waals surface area contributed by atoms with Crippen molar-refractivity contribution in [1.29, 1.82) is 0 Å². The number of rotatable bonds is 3. The minimum atomic E-state index is -1.06. The van der Waals surface area contributed by atoms with Gasteiger partial charge in [-0.25, -0.2) is 0 Å². The lowest BCUT2D eigenvalue weighted by molar-refractivity contribution is -0.120. The highest BCUT2D eigenvalue weighted by atomic mass is 35.5. The number of nitrogens with one attached hydrogen (secondary N) is 1. The molecule has 1 aromatic carbocycles. The summed E-state index contributed by atoms with van der Waals surface area (Å²) >= 11 is 0. The van der Waals surface area contributed by atoms with Gasteiger partial charge in [-0.1, -0.05) is 6.07 Å². The van der Waals surface area contributed by atoms with Crippen LogP contribution in [-0.2, 0) is 15.6 Å². The van der Waals surface area contributed by atoms with E-state index >= 15 is 0 Å². The Bertz CT molecular complexity index is 430. The van der Waals surface area contributed by atoms with Crippen LogP contribution in [0.4, 0.5) is 5.69 Å². The number of halogens is 1. The fourth-order valence-corrected chi connectivity index (χ4v) is 1.61. The molecule has 0 aliphatic carbocycles. The first-order valence-corrected chi connectivity index (χ1v) is 6.40. The van der Waals surface area contributed by atoms with Crippen LogP contribution in [0.25, 0.3) is 0 Å². The first-order chi connectivity index (χ1) is 7.30. The lowest BCUT2D eigenvalue weighted by atomic mass is 10.1. The zero-order chi connectivity index (χ0) is 12.3. The van der Waals surface area contributed by atoms with Crippen molar-refractivity contribution in [2.24, 2.45) is 5.73 Å². The predicted molar refractivity (Wildman–Crippen MR) is 72.9 cm³/mol. The highest BCUT2D eigenvalue weighted by molar-refractivity contribution is 7.84. The van der Waals surface area contributed by atoms with Gasteiger partial charge in [0.25, 0.3) is 0 Å². The molecule has 6 heteroatoms. The van der Waals surface area contributed by atoms with Crippen LogP contribution >= 0.6 is 12.4 Å². The summed E-state index contributed by atoms with van der Waals surface area (Å²) in [6.07, 6.45) is 1.59. The summed E-state index contributed by atoms with van der Waals surface area (Å²) in [4.78, 5) is 12.3. The number of hydrogen-bond donors (Lipinski definition) is 2. The highest BCUT2D eigenvalue weighted by Gasteiger charge is 2.21. The molecular formula is C11H17ClN2O2S. The molecule has 4 nitrogen and oxygen atoms in total. The Hall–Kier alpha value is -0.910. The molecule has 0 aliphatic heterocycles. The summed E-state index contributed by atoms with van der Waals surface area (Å²) in [5.41, 5.74) is 5.33. The largest absolute Gasteiger partial charge is 0.324 e. The Morgan fingerprint density at radius 1 is 1.41 bits per heavy atom. The van der Waals surface area contributed by atoms with E-state index in [-0.39, 0.29) is 18.3 Å².